The van der Waals surface area contributed by atoms with E-state index in [2.05, 4.69) is 4.72 Å². The summed E-state index contributed by atoms with van der Waals surface area (Å²) in [6.45, 7) is 3.80. The molecule has 0 unspecified atom stereocenters. The van der Waals surface area contributed by atoms with E-state index in [-0.39, 0.29) is 9.77 Å². The Morgan fingerprint density at radius 2 is 1.90 bits per heavy atom. The zero-order valence-electron chi connectivity index (χ0n) is 10.9. The van der Waals surface area contributed by atoms with Gasteiger partial charge in [-0.15, -0.1) is 11.3 Å². The Bertz CT molecular complexity index is 762. The van der Waals surface area contributed by atoms with Crippen LogP contribution in [0.15, 0.2) is 34.5 Å². The van der Waals surface area contributed by atoms with Gasteiger partial charge >= 0.3 is 5.97 Å². The Morgan fingerprint density at radius 1 is 1.20 bits per heavy atom. The molecule has 1 aromatic heterocycles. The first-order valence-electron chi connectivity index (χ1n) is 5.72. The van der Waals surface area contributed by atoms with Crippen molar-refractivity contribution in [3.05, 3.63) is 45.6 Å². The van der Waals surface area contributed by atoms with E-state index in [0.717, 1.165) is 22.5 Å². The van der Waals surface area contributed by atoms with Gasteiger partial charge in [0.2, 0.25) is 0 Å². The minimum Gasteiger partial charge on any atom is -0.477 e. The van der Waals surface area contributed by atoms with Gasteiger partial charge in [-0.3, -0.25) is 4.72 Å². The lowest BCUT2D eigenvalue weighted by Gasteiger charge is -2.09. The van der Waals surface area contributed by atoms with E-state index >= 15 is 0 Å². The predicted molar refractivity (Wildman–Crippen MR) is 78.0 cm³/mol. The maximum absolute atomic E-state index is 12.2. The van der Waals surface area contributed by atoms with Crippen LogP contribution < -0.4 is 4.72 Å². The second-order valence-electron chi connectivity index (χ2n) is 4.32. The van der Waals surface area contributed by atoms with E-state index in [1.54, 1.807) is 18.2 Å². The van der Waals surface area contributed by atoms with Gasteiger partial charge in [-0.2, -0.15) is 0 Å². The number of hydrogen-bond acceptors (Lipinski definition) is 4. The fourth-order valence-corrected chi connectivity index (χ4v) is 3.99. The van der Waals surface area contributed by atoms with Crippen LogP contribution in [-0.4, -0.2) is 19.5 Å². The van der Waals surface area contributed by atoms with Gasteiger partial charge in [-0.1, -0.05) is 6.07 Å². The van der Waals surface area contributed by atoms with Crippen LogP contribution in [0.2, 0.25) is 0 Å². The van der Waals surface area contributed by atoms with E-state index in [1.807, 2.05) is 13.8 Å². The van der Waals surface area contributed by atoms with Gasteiger partial charge in [0.15, 0.2) is 0 Å². The van der Waals surface area contributed by atoms with Crippen LogP contribution in [0, 0.1) is 13.8 Å². The Hall–Kier alpha value is -1.86. The number of carbonyl (C=O) groups is 1. The molecule has 0 aliphatic heterocycles. The van der Waals surface area contributed by atoms with Crippen molar-refractivity contribution < 1.29 is 18.3 Å². The highest BCUT2D eigenvalue weighted by Gasteiger charge is 2.23. The number of carboxylic acid groups (broad SMARTS) is 1. The highest BCUT2D eigenvalue weighted by atomic mass is 32.2. The number of thiophene rings is 1. The number of carboxylic acids is 1. The molecule has 2 N–H and O–H groups in total. The molecule has 1 heterocycles. The number of nitrogens with one attached hydrogen (secondary N) is 1. The molecular weight excluding hydrogens is 298 g/mol. The van der Waals surface area contributed by atoms with E-state index in [0.29, 0.717) is 5.69 Å². The number of sulfonamides is 1. The first-order valence-corrected chi connectivity index (χ1v) is 8.08. The second kappa shape index (κ2) is 5.26. The monoisotopic (exact) mass is 311 g/mol. The molecule has 0 atom stereocenters. The summed E-state index contributed by atoms with van der Waals surface area (Å²) in [5.74, 6) is -1.25. The van der Waals surface area contributed by atoms with Crippen LogP contribution in [0.4, 0.5) is 5.69 Å². The molecule has 106 valence electrons. The van der Waals surface area contributed by atoms with Gasteiger partial charge in [-0.05, 0) is 48.6 Å². The maximum atomic E-state index is 12.2. The standard InChI is InChI=1S/C13H13NO4S2/c1-8-3-4-10(7-9(8)2)14-20(17,18)11-5-6-19-12(11)13(15)16/h3-7,14H,1-2H3,(H,15,16). The summed E-state index contributed by atoms with van der Waals surface area (Å²) in [5, 5.41) is 10.4. The summed E-state index contributed by atoms with van der Waals surface area (Å²) in [4.78, 5) is 10.6. The third-order valence-electron chi connectivity index (χ3n) is 2.87. The summed E-state index contributed by atoms with van der Waals surface area (Å²) in [6, 6.07) is 6.45. The lowest BCUT2D eigenvalue weighted by molar-refractivity contribution is 0.0698. The Morgan fingerprint density at radius 3 is 2.50 bits per heavy atom. The molecule has 20 heavy (non-hydrogen) atoms. The normalized spacial score (nSPS) is 11.3. The molecule has 0 saturated heterocycles. The summed E-state index contributed by atoms with van der Waals surface area (Å²) in [6.07, 6.45) is 0. The fraction of sp³-hybridized carbons (Fsp3) is 0.154. The van der Waals surface area contributed by atoms with Crippen molar-refractivity contribution in [2.24, 2.45) is 0 Å². The van der Waals surface area contributed by atoms with Gasteiger partial charge in [0, 0.05) is 5.69 Å². The second-order valence-corrected chi connectivity index (χ2v) is 6.89. The minimum atomic E-state index is -3.90. The molecule has 7 heteroatoms. The lowest BCUT2D eigenvalue weighted by Crippen LogP contribution is -2.15. The highest BCUT2D eigenvalue weighted by molar-refractivity contribution is 7.93. The van der Waals surface area contributed by atoms with Gasteiger partial charge in [0.05, 0.1) is 0 Å². The Balaban J connectivity index is 2.38. The minimum absolute atomic E-state index is 0.193. The van der Waals surface area contributed by atoms with Crippen molar-refractivity contribution in [1.82, 2.24) is 0 Å². The third kappa shape index (κ3) is 2.83. The third-order valence-corrected chi connectivity index (χ3v) is 5.33. The molecule has 0 fully saturated rings. The molecule has 2 rings (SSSR count). The van der Waals surface area contributed by atoms with Crippen molar-refractivity contribution >= 4 is 33.0 Å². The van der Waals surface area contributed by atoms with Crippen LogP contribution >= 0.6 is 11.3 Å². The lowest BCUT2D eigenvalue weighted by atomic mass is 10.1. The number of rotatable bonds is 4. The largest absolute Gasteiger partial charge is 0.477 e. The van der Waals surface area contributed by atoms with E-state index in [1.165, 1.54) is 11.4 Å². The topological polar surface area (TPSA) is 83.5 Å². The summed E-state index contributed by atoms with van der Waals surface area (Å²) < 4.78 is 26.8. The SMILES string of the molecule is Cc1ccc(NS(=O)(=O)c2ccsc2C(=O)O)cc1C. The van der Waals surface area contributed by atoms with Gasteiger partial charge in [0.25, 0.3) is 10.0 Å². The van der Waals surface area contributed by atoms with E-state index in [9.17, 15) is 13.2 Å². The van der Waals surface area contributed by atoms with Crippen molar-refractivity contribution in [2.45, 2.75) is 18.7 Å². The fourth-order valence-electron chi connectivity index (χ4n) is 1.68. The smallest absolute Gasteiger partial charge is 0.347 e. The molecule has 0 saturated carbocycles. The molecule has 0 spiro atoms. The van der Waals surface area contributed by atoms with E-state index in [4.69, 9.17) is 5.11 Å². The predicted octanol–water partition coefficient (Wildman–Crippen LogP) is 2.86. The number of benzene rings is 1. The zero-order chi connectivity index (χ0) is 14.9. The molecule has 0 radical (unpaired) electrons. The quantitative estimate of drug-likeness (QED) is 0.909. The molecule has 0 aliphatic rings. The van der Waals surface area contributed by atoms with Crippen molar-refractivity contribution in [3.63, 3.8) is 0 Å². The molecule has 0 bridgehead atoms. The van der Waals surface area contributed by atoms with Crippen LogP contribution in [0.1, 0.15) is 20.8 Å². The van der Waals surface area contributed by atoms with Crippen LogP contribution in [0.25, 0.3) is 0 Å². The molecule has 5 nitrogen and oxygen atoms in total. The van der Waals surface area contributed by atoms with Gasteiger partial charge in [-0.25, -0.2) is 13.2 Å². The maximum Gasteiger partial charge on any atom is 0.347 e. The van der Waals surface area contributed by atoms with Crippen LogP contribution in [0.3, 0.4) is 0 Å². The van der Waals surface area contributed by atoms with Gasteiger partial charge < -0.3 is 5.11 Å². The summed E-state index contributed by atoms with van der Waals surface area (Å²) >= 11 is 0.882. The van der Waals surface area contributed by atoms with Gasteiger partial charge in [0.1, 0.15) is 9.77 Å². The molecule has 0 aliphatic carbocycles. The van der Waals surface area contributed by atoms with E-state index < -0.39 is 16.0 Å². The number of aryl methyl sites for hydroxylation is 2. The molecular formula is C13H13NO4S2. The zero-order valence-corrected chi connectivity index (χ0v) is 12.5. The first kappa shape index (κ1) is 14.5. The Kier molecular flexibility index (Phi) is 3.82. The number of anilines is 1. The molecule has 0 amide bonds. The molecule has 1 aromatic carbocycles. The number of aromatic carboxylic acids is 1. The van der Waals surface area contributed by atoms with Crippen LogP contribution in [0.5, 0.6) is 0 Å². The average molecular weight is 311 g/mol. The first-order chi connectivity index (χ1) is 9.31. The van der Waals surface area contributed by atoms with Crippen LogP contribution in [-0.2, 0) is 10.0 Å². The number of hydrogen-bond donors (Lipinski definition) is 2. The Labute approximate surface area is 120 Å². The average Bonchev–Trinajstić information content (AvgIpc) is 2.83. The summed E-state index contributed by atoms with van der Waals surface area (Å²) in [5.41, 5.74) is 2.42. The highest BCUT2D eigenvalue weighted by Crippen LogP contribution is 2.25. The van der Waals surface area contributed by atoms with Crippen molar-refractivity contribution in [3.8, 4) is 0 Å². The molecule has 2 aromatic rings. The van der Waals surface area contributed by atoms with Crippen molar-refractivity contribution in [2.75, 3.05) is 4.72 Å². The van der Waals surface area contributed by atoms with Crippen molar-refractivity contribution in [1.29, 1.82) is 0 Å². The summed E-state index contributed by atoms with van der Waals surface area (Å²) in [7, 11) is -3.90.